The van der Waals surface area contributed by atoms with Crippen molar-refractivity contribution in [3.63, 3.8) is 0 Å². The number of amides is 2. The summed E-state index contributed by atoms with van der Waals surface area (Å²) in [7, 11) is 0. The Morgan fingerprint density at radius 2 is 1.62 bits per heavy atom. The van der Waals surface area contributed by atoms with Gasteiger partial charge in [0.05, 0.1) is 6.42 Å². The van der Waals surface area contributed by atoms with Gasteiger partial charge in [0, 0.05) is 22.8 Å². The van der Waals surface area contributed by atoms with E-state index in [1.807, 2.05) is 19.1 Å². The fraction of sp³-hybridized carbons (Fsp3) is 0.211. The van der Waals surface area contributed by atoms with Crippen molar-refractivity contribution in [3.8, 4) is 0 Å². The molecule has 0 bridgehead atoms. The van der Waals surface area contributed by atoms with Crippen LogP contribution in [-0.4, -0.2) is 24.4 Å². The van der Waals surface area contributed by atoms with Gasteiger partial charge in [0.25, 0.3) is 5.91 Å². The van der Waals surface area contributed by atoms with E-state index in [1.54, 1.807) is 36.4 Å². The van der Waals surface area contributed by atoms with Gasteiger partial charge >= 0.3 is 5.97 Å². The van der Waals surface area contributed by atoms with Crippen molar-refractivity contribution in [1.82, 2.24) is 0 Å². The Hall–Kier alpha value is -2.86. The Morgan fingerprint density at radius 1 is 0.923 bits per heavy atom. The van der Waals surface area contributed by atoms with Crippen molar-refractivity contribution in [3.05, 3.63) is 59.1 Å². The summed E-state index contributed by atoms with van der Waals surface area (Å²) in [5.74, 6) is -1.40. The summed E-state index contributed by atoms with van der Waals surface area (Å²) in [6.07, 6.45) is -0.171. The Bertz CT molecular complexity index is 790. The molecule has 0 saturated carbocycles. The molecule has 0 heterocycles. The molecule has 0 unspecified atom stereocenters. The molecular weight excluding hydrogens is 356 g/mol. The van der Waals surface area contributed by atoms with Crippen LogP contribution in [0.15, 0.2) is 48.5 Å². The highest BCUT2D eigenvalue weighted by molar-refractivity contribution is 6.30. The van der Waals surface area contributed by atoms with Gasteiger partial charge in [0.1, 0.15) is 0 Å². The number of benzene rings is 2. The van der Waals surface area contributed by atoms with Gasteiger partial charge in [-0.3, -0.25) is 14.4 Å². The highest BCUT2D eigenvalue weighted by Crippen LogP contribution is 2.15. The van der Waals surface area contributed by atoms with E-state index >= 15 is 0 Å². The summed E-state index contributed by atoms with van der Waals surface area (Å²) in [4.78, 5) is 35.2. The van der Waals surface area contributed by atoms with Gasteiger partial charge in [-0.2, -0.15) is 0 Å². The third-order valence-corrected chi connectivity index (χ3v) is 3.60. The molecule has 2 rings (SSSR count). The van der Waals surface area contributed by atoms with Gasteiger partial charge in [-0.05, 0) is 37.3 Å². The molecule has 2 aromatic rings. The lowest BCUT2D eigenvalue weighted by Crippen LogP contribution is -2.21. The van der Waals surface area contributed by atoms with Gasteiger partial charge < -0.3 is 15.4 Å². The first kappa shape index (κ1) is 19.5. The van der Waals surface area contributed by atoms with Crippen LogP contribution in [0, 0.1) is 6.92 Å². The zero-order chi connectivity index (χ0) is 18.9. The minimum atomic E-state index is -0.620. The monoisotopic (exact) mass is 374 g/mol. The highest BCUT2D eigenvalue weighted by Gasteiger charge is 2.11. The summed E-state index contributed by atoms with van der Waals surface area (Å²) in [5.41, 5.74) is 2.25. The Labute approximate surface area is 156 Å². The average molecular weight is 375 g/mol. The lowest BCUT2D eigenvalue weighted by Gasteiger charge is -2.07. The van der Waals surface area contributed by atoms with Gasteiger partial charge in [-0.15, -0.1) is 0 Å². The number of anilines is 2. The number of nitrogens with one attached hydrogen (secondary N) is 2. The molecule has 0 aliphatic heterocycles. The van der Waals surface area contributed by atoms with E-state index in [1.165, 1.54) is 0 Å². The number of hydrogen-bond acceptors (Lipinski definition) is 4. The summed E-state index contributed by atoms with van der Waals surface area (Å²) >= 11 is 5.83. The number of hydrogen-bond donors (Lipinski definition) is 2. The number of ether oxygens (including phenoxy) is 1. The molecule has 0 aromatic heterocycles. The molecule has 2 aromatic carbocycles. The van der Waals surface area contributed by atoms with E-state index < -0.39 is 18.5 Å². The third-order valence-electron chi connectivity index (χ3n) is 3.36. The van der Waals surface area contributed by atoms with Gasteiger partial charge in [0.2, 0.25) is 5.91 Å². The zero-order valence-electron chi connectivity index (χ0n) is 14.3. The minimum absolute atomic E-state index is 0.0507. The number of carbonyl (C=O) groups is 3. The second kappa shape index (κ2) is 9.58. The predicted molar refractivity (Wildman–Crippen MR) is 100 cm³/mol. The second-order valence-electron chi connectivity index (χ2n) is 5.63. The molecule has 0 radical (unpaired) electrons. The topological polar surface area (TPSA) is 84.5 Å². The minimum Gasteiger partial charge on any atom is -0.456 e. The average Bonchev–Trinajstić information content (AvgIpc) is 2.60. The molecule has 136 valence electrons. The molecule has 0 aliphatic carbocycles. The molecule has 26 heavy (non-hydrogen) atoms. The smallest absolute Gasteiger partial charge is 0.306 e. The molecule has 7 heteroatoms. The normalized spacial score (nSPS) is 10.1. The zero-order valence-corrected chi connectivity index (χ0v) is 15.0. The summed E-state index contributed by atoms with van der Waals surface area (Å²) in [5, 5.41) is 5.75. The van der Waals surface area contributed by atoms with E-state index in [9.17, 15) is 14.4 Å². The molecule has 0 atom stereocenters. The Balaban J connectivity index is 1.67. The maximum absolute atomic E-state index is 11.8. The summed E-state index contributed by atoms with van der Waals surface area (Å²) in [6, 6.07) is 13.9. The standard InChI is InChI=1S/C19H19ClN2O4/c1-13-5-7-15(8-6-13)21-18(24)12-26-19(25)10-9-17(23)22-16-4-2-3-14(20)11-16/h2-8,11H,9-10,12H2,1H3,(H,21,24)(H,22,23). The molecule has 2 amide bonds. The molecule has 0 aliphatic rings. The Kier molecular flexibility index (Phi) is 7.17. The van der Waals surface area contributed by atoms with Crippen LogP contribution in [0.2, 0.25) is 5.02 Å². The summed E-state index contributed by atoms with van der Waals surface area (Å²) < 4.78 is 4.87. The van der Waals surface area contributed by atoms with E-state index in [2.05, 4.69) is 10.6 Å². The van der Waals surface area contributed by atoms with E-state index in [4.69, 9.17) is 16.3 Å². The quantitative estimate of drug-likeness (QED) is 0.726. The maximum Gasteiger partial charge on any atom is 0.306 e. The molecular formula is C19H19ClN2O4. The largest absolute Gasteiger partial charge is 0.456 e. The molecule has 0 saturated heterocycles. The fourth-order valence-electron chi connectivity index (χ4n) is 2.06. The van der Waals surface area contributed by atoms with Crippen LogP contribution < -0.4 is 10.6 Å². The predicted octanol–water partition coefficient (Wildman–Crippen LogP) is 3.55. The number of esters is 1. The van der Waals surface area contributed by atoms with Crippen molar-refractivity contribution < 1.29 is 19.1 Å². The van der Waals surface area contributed by atoms with E-state index in [0.717, 1.165) is 5.56 Å². The first-order chi connectivity index (χ1) is 12.4. The van der Waals surface area contributed by atoms with Crippen LogP contribution in [0.5, 0.6) is 0 Å². The van der Waals surface area contributed by atoms with E-state index in [-0.39, 0.29) is 18.7 Å². The molecule has 0 spiro atoms. The van der Waals surface area contributed by atoms with Crippen LogP contribution in [-0.2, 0) is 19.1 Å². The molecule has 6 nitrogen and oxygen atoms in total. The maximum atomic E-state index is 11.8. The van der Waals surface area contributed by atoms with E-state index in [0.29, 0.717) is 16.4 Å². The van der Waals surface area contributed by atoms with Crippen LogP contribution >= 0.6 is 11.6 Å². The van der Waals surface area contributed by atoms with Gasteiger partial charge in [-0.1, -0.05) is 35.4 Å². The molecule has 2 N–H and O–H groups in total. The Morgan fingerprint density at radius 3 is 2.31 bits per heavy atom. The van der Waals surface area contributed by atoms with Crippen LogP contribution in [0.25, 0.3) is 0 Å². The first-order valence-electron chi connectivity index (χ1n) is 8.00. The number of halogens is 1. The third kappa shape index (κ3) is 6.94. The van der Waals surface area contributed by atoms with Crippen molar-refractivity contribution in [1.29, 1.82) is 0 Å². The fourth-order valence-corrected chi connectivity index (χ4v) is 2.25. The van der Waals surface area contributed by atoms with Crippen molar-refractivity contribution >= 4 is 40.8 Å². The van der Waals surface area contributed by atoms with Gasteiger partial charge in [0.15, 0.2) is 6.61 Å². The lowest BCUT2D eigenvalue weighted by atomic mass is 10.2. The summed E-state index contributed by atoms with van der Waals surface area (Å²) in [6.45, 7) is 1.54. The van der Waals surface area contributed by atoms with Crippen LogP contribution in [0.1, 0.15) is 18.4 Å². The van der Waals surface area contributed by atoms with Gasteiger partial charge in [-0.25, -0.2) is 0 Å². The lowest BCUT2D eigenvalue weighted by molar-refractivity contribution is -0.147. The molecule has 0 fully saturated rings. The van der Waals surface area contributed by atoms with Crippen LogP contribution in [0.4, 0.5) is 11.4 Å². The highest BCUT2D eigenvalue weighted by atomic mass is 35.5. The number of rotatable bonds is 7. The van der Waals surface area contributed by atoms with Crippen molar-refractivity contribution in [2.75, 3.05) is 17.2 Å². The number of carbonyl (C=O) groups excluding carboxylic acids is 3. The SMILES string of the molecule is Cc1ccc(NC(=O)COC(=O)CCC(=O)Nc2cccc(Cl)c2)cc1. The first-order valence-corrected chi connectivity index (χ1v) is 8.38. The van der Waals surface area contributed by atoms with Crippen molar-refractivity contribution in [2.24, 2.45) is 0 Å². The number of aryl methyl sites for hydroxylation is 1. The van der Waals surface area contributed by atoms with Crippen molar-refractivity contribution in [2.45, 2.75) is 19.8 Å². The van der Waals surface area contributed by atoms with Crippen LogP contribution in [0.3, 0.4) is 0 Å². The second-order valence-corrected chi connectivity index (χ2v) is 6.07.